The summed E-state index contributed by atoms with van der Waals surface area (Å²) in [5, 5.41) is 2.83. The van der Waals surface area contributed by atoms with Gasteiger partial charge >= 0.3 is 0 Å². The Labute approximate surface area is 170 Å². The minimum absolute atomic E-state index is 0.0539. The monoisotopic (exact) mass is 399 g/mol. The fraction of sp³-hybridized carbons (Fsp3) is 0.364. The molecule has 154 valence electrons. The predicted molar refractivity (Wildman–Crippen MR) is 111 cm³/mol. The first-order valence-electron chi connectivity index (χ1n) is 9.82. The molecular weight excluding hydrogens is 373 g/mol. The first kappa shape index (κ1) is 20.6. The van der Waals surface area contributed by atoms with Gasteiger partial charge in [-0.1, -0.05) is 12.1 Å². The highest BCUT2D eigenvalue weighted by Gasteiger charge is 2.27. The van der Waals surface area contributed by atoms with E-state index >= 15 is 0 Å². The van der Waals surface area contributed by atoms with Gasteiger partial charge in [0.1, 0.15) is 6.10 Å². The molecule has 7 heteroatoms. The number of hydrogen-bond donors (Lipinski definition) is 1. The Hall–Kier alpha value is -3.09. The first-order chi connectivity index (χ1) is 13.9. The zero-order valence-corrected chi connectivity index (χ0v) is 16.9. The SMILES string of the molecule is CCN(CC)C(=O)c1cccc(NC(=O)CN2CC(C)Oc3c(F)cccc32)c1. The van der Waals surface area contributed by atoms with Crippen LogP contribution >= 0.6 is 0 Å². The van der Waals surface area contributed by atoms with Gasteiger partial charge in [0.05, 0.1) is 18.8 Å². The molecule has 0 aliphatic carbocycles. The van der Waals surface area contributed by atoms with Crippen LogP contribution in [0.3, 0.4) is 0 Å². The van der Waals surface area contributed by atoms with Crippen molar-refractivity contribution >= 4 is 23.2 Å². The summed E-state index contributed by atoms with van der Waals surface area (Å²) < 4.78 is 19.6. The fourth-order valence-corrected chi connectivity index (χ4v) is 3.46. The number of ether oxygens (including phenoxy) is 1. The molecule has 2 amide bonds. The van der Waals surface area contributed by atoms with Crippen molar-refractivity contribution in [3.63, 3.8) is 0 Å². The third-order valence-electron chi connectivity index (χ3n) is 4.86. The van der Waals surface area contributed by atoms with Crippen LogP contribution in [0.1, 0.15) is 31.1 Å². The van der Waals surface area contributed by atoms with Crippen LogP contribution in [-0.2, 0) is 4.79 Å². The van der Waals surface area contributed by atoms with E-state index in [1.165, 1.54) is 6.07 Å². The molecule has 2 aromatic rings. The number of carbonyl (C=O) groups is 2. The fourth-order valence-electron chi connectivity index (χ4n) is 3.46. The second-order valence-electron chi connectivity index (χ2n) is 7.00. The number of nitrogens with zero attached hydrogens (tertiary/aromatic N) is 2. The summed E-state index contributed by atoms with van der Waals surface area (Å²) in [7, 11) is 0. The van der Waals surface area contributed by atoms with Crippen molar-refractivity contribution in [2.75, 3.05) is 36.4 Å². The molecule has 1 aliphatic heterocycles. The van der Waals surface area contributed by atoms with Gasteiger partial charge < -0.3 is 19.9 Å². The number of hydrogen-bond acceptors (Lipinski definition) is 4. The minimum atomic E-state index is -0.443. The van der Waals surface area contributed by atoms with Crippen molar-refractivity contribution in [2.45, 2.75) is 26.9 Å². The van der Waals surface area contributed by atoms with Crippen molar-refractivity contribution < 1.29 is 18.7 Å². The molecule has 1 N–H and O–H groups in total. The summed E-state index contributed by atoms with van der Waals surface area (Å²) in [5.74, 6) is -0.591. The smallest absolute Gasteiger partial charge is 0.253 e. The lowest BCUT2D eigenvalue weighted by molar-refractivity contribution is -0.115. The first-order valence-corrected chi connectivity index (χ1v) is 9.82. The van der Waals surface area contributed by atoms with Crippen LogP contribution in [0.2, 0.25) is 0 Å². The molecule has 1 atom stereocenters. The summed E-state index contributed by atoms with van der Waals surface area (Å²) in [4.78, 5) is 28.7. The lowest BCUT2D eigenvalue weighted by Crippen LogP contribution is -2.42. The number of nitrogens with one attached hydrogen (secondary N) is 1. The maximum absolute atomic E-state index is 14.1. The molecule has 1 unspecified atom stereocenters. The normalized spacial score (nSPS) is 15.3. The van der Waals surface area contributed by atoms with Crippen LogP contribution in [0.5, 0.6) is 5.75 Å². The average molecular weight is 399 g/mol. The summed E-state index contributed by atoms with van der Waals surface area (Å²) in [6.07, 6.45) is -0.234. The minimum Gasteiger partial charge on any atom is -0.484 e. The summed E-state index contributed by atoms with van der Waals surface area (Å²) >= 11 is 0. The van der Waals surface area contributed by atoms with E-state index in [0.717, 1.165) is 0 Å². The van der Waals surface area contributed by atoms with E-state index in [1.807, 2.05) is 20.8 Å². The highest BCUT2D eigenvalue weighted by atomic mass is 19.1. The highest BCUT2D eigenvalue weighted by molar-refractivity contribution is 5.98. The summed E-state index contributed by atoms with van der Waals surface area (Å²) in [6.45, 7) is 7.47. The molecule has 0 saturated carbocycles. The Morgan fingerprint density at radius 2 is 1.93 bits per heavy atom. The number of halogens is 1. The molecule has 3 rings (SSSR count). The van der Waals surface area contributed by atoms with Gasteiger partial charge in [0, 0.05) is 24.3 Å². The predicted octanol–water partition coefficient (Wildman–Crippen LogP) is 3.53. The quantitative estimate of drug-likeness (QED) is 0.807. The van der Waals surface area contributed by atoms with Gasteiger partial charge in [0.25, 0.3) is 5.91 Å². The van der Waals surface area contributed by atoms with E-state index in [0.29, 0.717) is 36.6 Å². The van der Waals surface area contributed by atoms with Crippen LogP contribution in [0.25, 0.3) is 0 Å². The van der Waals surface area contributed by atoms with Crippen molar-refractivity contribution in [2.24, 2.45) is 0 Å². The maximum atomic E-state index is 14.1. The Balaban J connectivity index is 1.72. The number of amides is 2. The number of carbonyl (C=O) groups excluding carboxylic acids is 2. The highest BCUT2D eigenvalue weighted by Crippen LogP contribution is 2.35. The molecule has 0 aromatic heterocycles. The van der Waals surface area contributed by atoms with Crippen molar-refractivity contribution in [1.29, 1.82) is 0 Å². The standard InChI is InChI=1S/C22H26FN3O3/c1-4-25(5-2)22(28)16-8-6-9-17(12-16)24-20(27)14-26-13-15(3)29-21-18(23)10-7-11-19(21)26/h6-12,15H,4-5,13-14H2,1-3H3,(H,24,27). The lowest BCUT2D eigenvalue weighted by Gasteiger charge is -2.34. The zero-order valence-electron chi connectivity index (χ0n) is 16.9. The van der Waals surface area contributed by atoms with E-state index in [4.69, 9.17) is 4.74 Å². The van der Waals surface area contributed by atoms with E-state index in [1.54, 1.807) is 46.2 Å². The summed E-state index contributed by atoms with van der Waals surface area (Å²) in [5.41, 5.74) is 1.64. The van der Waals surface area contributed by atoms with Crippen LogP contribution in [-0.4, -0.2) is 49.0 Å². The number of benzene rings is 2. The molecule has 1 aliphatic rings. The third-order valence-corrected chi connectivity index (χ3v) is 4.86. The van der Waals surface area contributed by atoms with Crippen LogP contribution in [0, 0.1) is 5.82 Å². The number of para-hydroxylation sites is 1. The zero-order chi connectivity index (χ0) is 21.0. The van der Waals surface area contributed by atoms with Crippen molar-refractivity contribution in [3.8, 4) is 5.75 Å². The Morgan fingerprint density at radius 3 is 2.66 bits per heavy atom. The molecule has 0 bridgehead atoms. The molecule has 1 heterocycles. The summed E-state index contributed by atoms with van der Waals surface area (Å²) in [6, 6.07) is 11.6. The molecule has 29 heavy (non-hydrogen) atoms. The van der Waals surface area contributed by atoms with Crippen LogP contribution in [0.15, 0.2) is 42.5 Å². The van der Waals surface area contributed by atoms with Crippen molar-refractivity contribution in [1.82, 2.24) is 4.90 Å². The van der Waals surface area contributed by atoms with Crippen LogP contribution < -0.4 is 15.0 Å². The molecule has 0 spiro atoms. The van der Waals surface area contributed by atoms with Gasteiger partial charge in [0.15, 0.2) is 11.6 Å². The number of fused-ring (bicyclic) bond motifs is 1. The van der Waals surface area contributed by atoms with E-state index in [-0.39, 0.29) is 30.2 Å². The molecule has 2 aromatic carbocycles. The van der Waals surface area contributed by atoms with Gasteiger partial charge in [-0.25, -0.2) is 4.39 Å². The molecule has 0 radical (unpaired) electrons. The second-order valence-corrected chi connectivity index (χ2v) is 7.00. The second kappa shape index (κ2) is 8.94. The van der Waals surface area contributed by atoms with Crippen molar-refractivity contribution in [3.05, 3.63) is 53.8 Å². The van der Waals surface area contributed by atoms with Gasteiger partial charge in [-0.05, 0) is 51.1 Å². The van der Waals surface area contributed by atoms with Gasteiger partial charge in [-0.2, -0.15) is 0 Å². The number of anilines is 2. The van der Waals surface area contributed by atoms with Gasteiger partial charge in [0.2, 0.25) is 5.91 Å². The molecular formula is C22H26FN3O3. The molecule has 0 fully saturated rings. The largest absolute Gasteiger partial charge is 0.484 e. The molecule has 6 nitrogen and oxygen atoms in total. The van der Waals surface area contributed by atoms with E-state index < -0.39 is 5.82 Å². The topological polar surface area (TPSA) is 61.9 Å². The van der Waals surface area contributed by atoms with Gasteiger partial charge in [-0.15, -0.1) is 0 Å². The third kappa shape index (κ3) is 4.67. The van der Waals surface area contributed by atoms with E-state index in [9.17, 15) is 14.0 Å². The maximum Gasteiger partial charge on any atom is 0.253 e. The Bertz CT molecular complexity index is 899. The van der Waals surface area contributed by atoms with Gasteiger partial charge in [-0.3, -0.25) is 9.59 Å². The number of rotatable bonds is 6. The molecule has 0 saturated heterocycles. The average Bonchev–Trinajstić information content (AvgIpc) is 2.69. The van der Waals surface area contributed by atoms with E-state index in [2.05, 4.69) is 5.32 Å². The lowest BCUT2D eigenvalue weighted by atomic mass is 10.1. The Morgan fingerprint density at radius 1 is 1.21 bits per heavy atom. The van der Waals surface area contributed by atoms with Crippen LogP contribution in [0.4, 0.5) is 15.8 Å². The Kier molecular flexibility index (Phi) is 6.36.